The number of hydrogen-bond donors (Lipinski definition) is 0. The first kappa shape index (κ1) is 16.4. The number of rotatable bonds is 4. The van der Waals surface area contributed by atoms with Crippen LogP contribution < -0.4 is 0 Å². The number of sulfone groups is 1. The molecule has 0 bridgehead atoms. The molecule has 0 saturated carbocycles. The van der Waals surface area contributed by atoms with Gasteiger partial charge in [-0.05, 0) is 24.3 Å². The Balaban J connectivity index is 2.62. The van der Waals surface area contributed by atoms with Gasteiger partial charge in [-0.15, -0.1) is 10.2 Å². The number of nitrogens with zero attached hydrogens (tertiary/aromatic N) is 4. The van der Waals surface area contributed by atoms with Gasteiger partial charge in [0.15, 0.2) is 15.7 Å². The van der Waals surface area contributed by atoms with Gasteiger partial charge >= 0.3 is 5.97 Å². The number of aryl methyl sites for hydroxylation is 1. The van der Waals surface area contributed by atoms with Gasteiger partial charge in [0.1, 0.15) is 0 Å². The molecule has 2 aromatic rings. The van der Waals surface area contributed by atoms with E-state index in [1.807, 2.05) is 0 Å². The van der Waals surface area contributed by atoms with E-state index in [2.05, 4.69) is 20.1 Å². The topological polar surface area (TPSA) is 104 Å². The molecule has 0 aliphatic rings. The van der Waals surface area contributed by atoms with Crippen molar-refractivity contribution in [1.29, 1.82) is 0 Å². The molecular formula is C12H13ClN4O4S. The molecule has 1 aromatic heterocycles. The molecule has 0 aliphatic heterocycles. The summed E-state index contributed by atoms with van der Waals surface area (Å²) in [6.45, 7) is 1.61. The zero-order valence-electron chi connectivity index (χ0n) is 12.1. The fraction of sp³-hybridized carbons (Fsp3) is 0.333. The lowest BCUT2D eigenvalue weighted by Crippen LogP contribution is -2.13. The van der Waals surface area contributed by atoms with Gasteiger partial charge in [0.2, 0.25) is 0 Å². The van der Waals surface area contributed by atoms with Crippen LogP contribution in [0.4, 0.5) is 0 Å². The first-order valence-corrected chi connectivity index (χ1v) is 8.35. The normalized spacial score (nSPS) is 11.5. The number of esters is 1. The molecule has 0 aliphatic carbocycles. The average molecular weight is 345 g/mol. The summed E-state index contributed by atoms with van der Waals surface area (Å²) in [5.41, 5.74) is 0.285. The smallest absolute Gasteiger partial charge is 0.339 e. The van der Waals surface area contributed by atoms with E-state index in [9.17, 15) is 13.2 Å². The Morgan fingerprint density at radius 2 is 2.09 bits per heavy atom. The molecule has 0 saturated heterocycles. The molecule has 1 heterocycles. The summed E-state index contributed by atoms with van der Waals surface area (Å²) in [6, 6.07) is 2.63. The van der Waals surface area contributed by atoms with Crippen molar-refractivity contribution >= 4 is 27.4 Å². The van der Waals surface area contributed by atoms with Gasteiger partial charge in [-0.2, -0.15) is 4.80 Å². The first-order chi connectivity index (χ1) is 10.2. The van der Waals surface area contributed by atoms with E-state index in [-0.39, 0.29) is 27.6 Å². The second-order valence-corrected chi connectivity index (χ2v) is 6.90. The summed E-state index contributed by atoms with van der Waals surface area (Å²) in [7, 11) is -2.33. The number of aromatic nitrogens is 4. The molecule has 0 N–H and O–H groups in total. The minimum absolute atomic E-state index is 0.0000983. The fourth-order valence-corrected chi connectivity index (χ4v) is 3.18. The Morgan fingerprint density at radius 3 is 2.59 bits per heavy atom. The zero-order valence-corrected chi connectivity index (χ0v) is 13.6. The number of benzene rings is 1. The SMILES string of the molecule is COC(=O)c1ccc(S(C)(=O)=O)c(Cn2nnc(C)n2)c1Cl. The molecule has 22 heavy (non-hydrogen) atoms. The van der Waals surface area contributed by atoms with Crippen molar-refractivity contribution in [1.82, 2.24) is 20.2 Å². The summed E-state index contributed by atoms with van der Waals surface area (Å²) >= 11 is 6.20. The maximum atomic E-state index is 11.9. The van der Waals surface area contributed by atoms with Crippen molar-refractivity contribution in [2.24, 2.45) is 0 Å². The van der Waals surface area contributed by atoms with Gasteiger partial charge in [-0.1, -0.05) is 11.6 Å². The molecule has 0 radical (unpaired) electrons. The Hall–Kier alpha value is -2.00. The lowest BCUT2D eigenvalue weighted by molar-refractivity contribution is 0.0600. The molecule has 10 heteroatoms. The van der Waals surface area contributed by atoms with Crippen molar-refractivity contribution in [3.05, 3.63) is 34.1 Å². The second-order valence-electron chi connectivity index (χ2n) is 4.53. The van der Waals surface area contributed by atoms with Crippen molar-refractivity contribution < 1.29 is 17.9 Å². The highest BCUT2D eigenvalue weighted by Crippen LogP contribution is 2.29. The molecule has 0 spiro atoms. The lowest BCUT2D eigenvalue weighted by atomic mass is 10.1. The van der Waals surface area contributed by atoms with Crippen LogP contribution in [-0.4, -0.2) is 48.0 Å². The molecule has 2 rings (SSSR count). The number of carbonyl (C=O) groups excluding carboxylic acids is 1. The van der Waals surface area contributed by atoms with Crippen LogP contribution in [0.1, 0.15) is 21.7 Å². The summed E-state index contributed by atoms with van der Waals surface area (Å²) in [5, 5.41) is 11.5. The van der Waals surface area contributed by atoms with Crippen LogP contribution in [0, 0.1) is 6.92 Å². The number of hydrogen-bond acceptors (Lipinski definition) is 7. The third kappa shape index (κ3) is 3.25. The number of carbonyl (C=O) groups is 1. The van der Waals surface area contributed by atoms with Crippen LogP contribution in [0.3, 0.4) is 0 Å². The maximum Gasteiger partial charge on any atom is 0.339 e. The van der Waals surface area contributed by atoms with Crippen LogP contribution in [-0.2, 0) is 21.1 Å². The third-order valence-electron chi connectivity index (χ3n) is 2.86. The fourth-order valence-electron chi connectivity index (χ4n) is 1.90. The minimum atomic E-state index is -3.54. The Labute approximate surface area is 132 Å². The Bertz CT molecular complexity index is 832. The van der Waals surface area contributed by atoms with Crippen molar-refractivity contribution in [3.8, 4) is 0 Å². The highest BCUT2D eigenvalue weighted by atomic mass is 35.5. The monoisotopic (exact) mass is 344 g/mol. The standard InChI is InChI=1S/C12H13ClN4O4S/c1-7-14-16-17(15-7)6-9-10(22(3,19)20)5-4-8(11(9)13)12(18)21-2/h4-5H,6H2,1-3H3. The van der Waals surface area contributed by atoms with Crippen LogP contribution >= 0.6 is 11.6 Å². The van der Waals surface area contributed by atoms with Crippen molar-refractivity contribution in [2.75, 3.05) is 13.4 Å². The van der Waals surface area contributed by atoms with Gasteiger partial charge in [-0.25, -0.2) is 13.2 Å². The van der Waals surface area contributed by atoms with E-state index >= 15 is 0 Å². The third-order valence-corrected chi connectivity index (χ3v) is 4.47. The number of methoxy groups -OCH3 is 1. The second kappa shape index (κ2) is 6.01. The van der Waals surface area contributed by atoms with E-state index in [4.69, 9.17) is 11.6 Å². The summed E-state index contributed by atoms with van der Waals surface area (Å²) in [6.07, 6.45) is 1.06. The Morgan fingerprint density at radius 1 is 1.41 bits per heavy atom. The van der Waals surface area contributed by atoms with Crippen LogP contribution in [0.15, 0.2) is 17.0 Å². The predicted molar refractivity (Wildman–Crippen MR) is 77.6 cm³/mol. The quantitative estimate of drug-likeness (QED) is 0.758. The van der Waals surface area contributed by atoms with Gasteiger partial charge in [-0.3, -0.25) is 0 Å². The van der Waals surface area contributed by atoms with Crippen molar-refractivity contribution in [3.63, 3.8) is 0 Å². The molecule has 0 amide bonds. The number of ether oxygens (including phenoxy) is 1. The summed E-state index contributed by atoms with van der Waals surface area (Å²) < 4.78 is 28.5. The van der Waals surface area contributed by atoms with E-state index in [0.29, 0.717) is 5.82 Å². The predicted octanol–water partition coefficient (Wildman–Crippen LogP) is 0.873. The first-order valence-electron chi connectivity index (χ1n) is 6.08. The molecule has 0 fully saturated rings. The summed E-state index contributed by atoms with van der Waals surface area (Å²) in [5.74, 6) is -0.227. The minimum Gasteiger partial charge on any atom is -0.465 e. The molecule has 118 valence electrons. The van der Waals surface area contributed by atoms with E-state index in [1.165, 1.54) is 24.0 Å². The average Bonchev–Trinajstić information content (AvgIpc) is 2.84. The number of tetrazole rings is 1. The van der Waals surface area contributed by atoms with Crippen LogP contribution in [0.25, 0.3) is 0 Å². The lowest BCUT2D eigenvalue weighted by Gasteiger charge is -2.12. The molecule has 1 aromatic carbocycles. The van der Waals surface area contributed by atoms with Crippen molar-refractivity contribution in [2.45, 2.75) is 18.4 Å². The molecule has 0 atom stereocenters. The van der Waals surface area contributed by atoms with Gasteiger partial charge in [0.25, 0.3) is 0 Å². The highest BCUT2D eigenvalue weighted by Gasteiger charge is 2.22. The van der Waals surface area contributed by atoms with E-state index < -0.39 is 15.8 Å². The molecular weight excluding hydrogens is 332 g/mol. The molecule has 0 unspecified atom stereocenters. The highest BCUT2D eigenvalue weighted by molar-refractivity contribution is 7.90. The van der Waals surface area contributed by atoms with Crippen LogP contribution in [0.2, 0.25) is 5.02 Å². The van der Waals surface area contributed by atoms with Gasteiger partial charge < -0.3 is 4.74 Å². The van der Waals surface area contributed by atoms with E-state index in [0.717, 1.165) is 6.26 Å². The van der Waals surface area contributed by atoms with Crippen LogP contribution in [0.5, 0.6) is 0 Å². The number of halogens is 1. The summed E-state index contributed by atoms with van der Waals surface area (Å²) in [4.78, 5) is 12.9. The maximum absolute atomic E-state index is 11.9. The molecule has 8 nitrogen and oxygen atoms in total. The van der Waals surface area contributed by atoms with E-state index in [1.54, 1.807) is 6.92 Å². The Kier molecular flexibility index (Phi) is 4.47. The van der Waals surface area contributed by atoms with Gasteiger partial charge in [0, 0.05) is 11.8 Å². The largest absolute Gasteiger partial charge is 0.465 e. The van der Waals surface area contributed by atoms with Gasteiger partial charge in [0.05, 0.1) is 29.1 Å². The zero-order chi connectivity index (χ0) is 16.5.